The van der Waals surface area contributed by atoms with Gasteiger partial charge >= 0.3 is 0 Å². The van der Waals surface area contributed by atoms with E-state index in [0.29, 0.717) is 5.13 Å². The normalized spacial score (nSPS) is 12.2. The Labute approximate surface area is 225 Å². The Morgan fingerprint density at radius 3 is 2.55 bits per heavy atom. The van der Waals surface area contributed by atoms with Crippen molar-refractivity contribution >= 4 is 22.4 Å². The molecule has 0 atom stereocenters. The van der Waals surface area contributed by atoms with Crippen LogP contribution in [0.3, 0.4) is 0 Å². The number of nitrogens with one attached hydrogen (secondary N) is 1. The number of rotatable bonds is 6. The van der Waals surface area contributed by atoms with Crippen molar-refractivity contribution in [2.24, 2.45) is 0 Å². The smallest absolute Gasteiger partial charge is 0.223 e. The zero-order valence-corrected chi connectivity index (χ0v) is 22.5. The van der Waals surface area contributed by atoms with Gasteiger partial charge in [0.05, 0.1) is 27.6 Å². The summed E-state index contributed by atoms with van der Waals surface area (Å²) in [5, 5.41) is 8.64. The zero-order valence-electron chi connectivity index (χ0n) is 21.7. The second-order valence-corrected chi connectivity index (χ2v) is 10.6. The van der Waals surface area contributed by atoms with Crippen LogP contribution in [-0.4, -0.2) is 30.6 Å². The highest BCUT2D eigenvalue weighted by molar-refractivity contribution is 7.19. The number of hydrogen-bond acceptors (Lipinski definition) is 6. The van der Waals surface area contributed by atoms with Crippen LogP contribution in [0.1, 0.15) is 42.9 Å². The summed E-state index contributed by atoms with van der Waals surface area (Å²) in [7, 11) is 0. The van der Waals surface area contributed by atoms with Gasteiger partial charge in [-0.05, 0) is 73.7 Å². The minimum Gasteiger partial charge on any atom is -0.302 e. The number of pyridine rings is 2. The maximum Gasteiger partial charge on any atom is 0.223 e. The average molecular weight is 521 g/mol. The van der Waals surface area contributed by atoms with Crippen LogP contribution in [0.2, 0.25) is 0 Å². The molecule has 0 saturated heterocycles. The minimum absolute atomic E-state index is 0.120. The molecule has 0 radical (unpaired) electrons. The molecule has 1 amide bonds. The van der Waals surface area contributed by atoms with Gasteiger partial charge in [-0.2, -0.15) is 5.10 Å². The van der Waals surface area contributed by atoms with Crippen molar-refractivity contribution in [1.82, 2.24) is 24.7 Å². The van der Waals surface area contributed by atoms with Crippen molar-refractivity contribution in [3.63, 3.8) is 0 Å². The average Bonchev–Trinajstić information content (AvgIpc) is 3.50. The van der Waals surface area contributed by atoms with Gasteiger partial charge < -0.3 is 5.32 Å². The van der Waals surface area contributed by atoms with Crippen LogP contribution in [0.4, 0.5) is 5.13 Å². The van der Waals surface area contributed by atoms with Gasteiger partial charge in [0.2, 0.25) is 5.91 Å². The number of hydrogen-bond donors (Lipinski definition) is 1. The number of fused-ring (bicyclic) bond motifs is 3. The highest BCUT2D eigenvalue weighted by Gasteiger charge is 2.30. The minimum atomic E-state index is -0.120. The number of benzene rings is 1. The molecule has 0 bridgehead atoms. The van der Waals surface area contributed by atoms with Crippen LogP contribution in [0.15, 0.2) is 60.9 Å². The fraction of sp³-hybridized carbons (Fsp3) is 0.233. The first-order chi connectivity index (χ1) is 18.5. The molecular formula is C30H28N6OS. The first kappa shape index (κ1) is 24.2. The van der Waals surface area contributed by atoms with E-state index in [1.807, 2.05) is 30.1 Å². The molecule has 6 rings (SSSR count). The number of aryl methyl sites for hydroxylation is 3. The standard InChI is InChI=1S/C30H28N6OS/c1-4-5-23-9-6-22(17-32-23)27-25-12-13-26-29(38-30(34-26)33-19(3)37)28(25)36(35-27)24-10-7-20(8-11-24)21-14-15-31-18(2)16-21/h6-11,14-17H,4-5,12-13H2,1-3H3,(H,33,34,37). The van der Waals surface area contributed by atoms with Gasteiger partial charge in [-0.15, -0.1) is 0 Å². The van der Waals surface area contributed by atoms with E-state index in [-0.39, 0.29) is 5.91 Å². The number of thiazole rings is 1. The highest BCUT2D eigenvalue weighted by atomic mass is 32.1. The Balaban J connectivity index is 1.48. The number of anilines is 1. The fourth-order valence-electron chi connectivity index (χ4n) is 4.98. The SMILES string of the molecule is CCCc1ccc(-c2nn(-c3ccc(-c4ccnc(C)c4)cc3)c3c2CCc2nc(NC(C)=O)sc2-3)cn1. The molecule has 1 aromatic carbocycles. The summed E-state index contributed by atoms with van der Waals surface area (Å²) >= 11 is 1.51. The lowest BCUT2D eigenvalue weighted by molar-refractivity contribution is -0.114. The topological polar surface area (TPSA) is 85.6 Å². The number of aromatic nitrogens is 5. The van der Waals surface area contributed by atoms with Crippen LogP contribution in [0.25, 0.3) is 38.6 Å². The molecule has 7 nitrogen and oxygen atoms in total. The summed E-state index contributed by atoms with van der Waals surface area (Å²) in [6.07, 6.45) is 7.44. The Hall–Kier alpha value is -4.17. The van der Waals surface area contributed by atoms with Crippen LogP contribution in [-0.2, 0) is 24.1 Å². The summed E-state index contributed by atoms with van der Waals surface area (Å²) in [4.78, 5) is 26.5. The summed E-state index contributed by atoms with van der Waals surface area (Å²) in [6, 6.07) is 16.8. The molecular weight excluding hydrogens is 492 g/mol. The third-order valence-electron chi connectivity index (χ3n) is 6.74. The zero-order chi connectivity index (χ0) is 26.2. The maximum absolute atomic E-state index is 11.7. The van der Waals surface area contributed by atoms with Crippen molar-refractivity contribution in [1.29, 1.82) is 0 Å². The van der Waals surface area contributed by atoms with Crippen molar-refractivity contribution in [3.8, 4) is 38.6 Å². The molecule has 1 aliphatic rings. The predicted molar refractivity (Wildman–Crippen MR) is 152 cm³/mol. The van der Waals surface area contributed by atoms with Gasteiger partial charge in [0.25, 0.3) is 0 Å². The van der Waals surface area contributed by atoms with E-state index in [1.54, 1.807) is 0 Å². The number of amides is 1. The van der Waals surface area contributed by atoms with Gasteiger partial charge in [-0.1, -0.05) is 36.8 Å². The first-order valence-corrected chi connectivity index (χ1v) is 13.7. The van der Waals surface area contributed by atoms with E-state index in [0.717, 1.165) is 81.4 Å². The Bertz CT molecular complexity index is 1630. The van der Waals surface area contributed by atoms with E-state index in [1.165, 1.54) is 23.8 Å². The monoisotopic (exact) mass is 520 g/mol. The number of nitrogens with zero attached hydrogens (tertiary/aromatic N) is 5. The predicted octanol–water partition coefficient (Wildman–Crippen LogP) is 6.44. The van der Waals surface area contributed by atoms with Gasteiger partial charge in [-0.25, -0.2) is 9.67 Å². The molecule has 0 aliphatic heterocycles. The van der Waals surface area contributed by atoms with Crippen molar-refractivity contribution in [2.45, 2.75) is 46.5 Å². The van der Waals surface area contributed by atoms with Gasteiger partial charge in [0.15, 0.2) is 5.13 Å². The summed E-state index contributed by atoms with van der Waals surface area (Å²) in [5.41, 5.74) is 10.5. The lowest BCUT2D eigenvalue weighted by atomic mass is 9.95. The summed E-state index contributed by atoms with van der Waals surface area (Å²) in [5.74, 6) is -0.120. The van der Waals surface area contributed by atoms with Gasteiger partial charge in [0.1, 0.15) is 0 Å². The van der Waals surface area contributed by atoms with E-state index in [4.69, 9.17) is 15.1 Å². The molecule has 4 aromatic heterocycles. The van der Waals surface area contributed by atoms with Crippen molar-refractivity contribution in [2.75, 3.05) is 5.32 Å². The molecule has 38 heavy (non-hydrogen) atoms. The lowest BCUT2D eigenvalue weighted by Crippen LogP contribution is -2.07. The Morgan fingerprint density at radius 2 is 1.84 bits per heavy atom. The van der Waals surface area contributed by atoms with E-state index >= 15 is 0 Å². The molecule has 190 valence electrons. The molecule has 5 aromatic rings. The van der Waals surface area contributed by atoms with Crippen LogP contribution in [0, 0.1) is 6.92 Å². The second-order valence-electron chi connectivity index (χ2n) is 9.58. The number of carbonyl (C=O) groups is 1. The molecule has 1 aliphatic carbocycles. The fourth-order valence-corrected chi connectivity index (χ4v) is 6.10. The molecule has 1 N–H and O–H groups in total. The van der Waals surface area contributed by atoms with E-state index in [9.17, 15) is 4.79 Å². The largest absolute Gasteiger partial charge is 0.302 e. The molecule has 8 heteroatoms. The molecule has 0 unspecified atom stereocenters. The third-order valence-corrected chi connectivity index (χ3v) is 7.76. The maximum atomic E-state index is 11.7. The summed E-state index contributed by atoms with van der Waals surface area (Å²) in [6.45, 7) is 5.67. The molecule has 0 saturated carbocycles. The highest BCUT2D eigenvalue weighted by Crippen LogP contribution is 2.44. The van der Waals surface area contributed by atoms with Crippen molar-refractivity contribution < 1.29 is 4.79 Å². The summed E-state index contributed by atoms with van der Waals surface area (Å²) < 4.78 is 2.03. The van der Waals surface area contributed by atoms with Crippen LogP contribution in [0.5, 0.6) is 0 Å². The lowest BCUT2D eigenvalue weighted by Gasteiger charge is -2.14. The Kier molecular flexibility index (Phi) is 6.33. The van der Waals surface area contributed by atoms with Gasteiger partial charge in [-0.3, -0.25) is 14.8 Å². The third kappa shape index (κ3) is 4.52. The van der Waals surface area contributed by atoms with E-state index in [2.05, 4.69) is 59.7 Å². The number of carbonyl (C=O) groups excluding carboxylic acids is 1. The van der Waals surface area contributed by atoms with Crippen LogP contribution >= 0.6 is 11.3 Å². The van der Waals surface area contributed by atoms with E-state index < -0.39 is 0 Å². The van der Waals surface area contributed by atoms with Crippen molar-refractivity contribution in [3.05, 3.63) is 83.6 Å². The molecule has 4 heterocycles. The Morgan fingerprint density at radius 1 is 1.03 bits per heavy atom. The second kappa shape index (κ2) is 9.95. The quantitative estimate of drug-likeness (QED) is 0.279. The van der Waals surface area contributed by atoms with Gasteiger partial charge in [0, 0.05) is 41.8 Å². The van der Waals surface area contributed by atoms with Crippen LogP contribution < -0.4 is 5.32 Å². The first-order valence-electron chi connectivity index (χ1n) is 12.9. The molecule has 0 fully saturated rings. The molecule has 0 spiro atoms.